The molecule has 7 heteroatoms. The van der Waals surface area contributed by atoms with E-state index in [0.29, 0.717) is 16.4 Å². The van der Waals surface area contributed by atoms with Crippen molar-refractivity contribution in [2.45, 2.75) is 32.9 Å². The molecule has 6 nitrogen and oxygen atoms in total. The van der Waals surface area contributed by atoms with Gasteiger partial charge in [-0.2, -0.15) is 5.10 Å². The summed E-state index contributed by atoms with van der Waals surface area (Å²) in [5.41, 5.74) is 0.612. The number of hydrogen-bond donors (Lipinski definition) is 1. The zero-order valence-electron chi connectivity index (χ0n) is 11.5. The van der Waals surface area contributed by atoms with Gasteiger partial charge in [-0.1, -0.05) is 11.6 Å². The van der Waals surface area contributed by atoms with E-state index in [4.69, 9.17) is 11.6 Å². The SMILES string of the molecule is Cc1nn(C)c(CN2C(=O)CNC(C)(C)C2=O)c1Cl. The minimum atomic E-state index is -0.742. The van der Waals surface area contributed by atoms with Gasteiger partial charge in [0, 0.05) is 7.05 Å². The highest BCUT2D eigenvalue weighted by atomic mass is 35.5. The first-order valence-electron chi connectivity index (χ1n) is 6.02. The maximum absolute atomic E-state index is 12.3. The van der Waals surface area contributed by atoms with Gasteiger partial charge < -0.3 is 0 Å². The topological polar surface area (TPSA) is 67.2 Å². The van der Waals surface area contributed by atoms with E-state index in [2.05, 4.69) is 10.4 Å². The summed E-state index contributed by atoms with van der Waals surface area (Å²) in [4.78, 5) is 25.4. The van der Waals surface area contributed by atoms with Gasteiger partial charge in [0.25, 0.3) is 0 Å². The summed E-state index contributed by atoms with van der Waals surface area (Å²) in [6.07, 6.45) is 0. The van der Waals surface area contributed by atoms with Crippen molar-refractivity contribution in [1.82, 2.24) is 20.0 Å². The third-order valence-corrected chi connectivity index (χ3v) is 3.82. The molecule has 0 saturated carbocycles. The predicted molar refractivity (Wildman–Crippen MR) is 70.6 cm³/mol. The molecule has 0 unspecified atom stereocenters. The Labute approximate surface area is 116 Å². The van der Waals surface area contributed by atoms with Gasteiger partial charge in [-0.3, -0.25) is 24.5 Å². The summed E-state index contributed by atoms with van der Waals surface area (Å²) in [5, 5.41) is 7.59. The number of imide groups is 1. The Morgan fingerprint density at radius 1 is 1.42 bits per heavy atom. The van der Waals surface area contributed by atoms with E-state index in [9.17, 15) is 9.59 Å². The van der Waals surface area contributed by atoms with Crippen LogP contribution in [0.3, 0.4) is 0 Å². The quantitative estimate of drug-likeness (QED) is 0.809. The number of piperazine rings is 1. The van der Waals surface area contributed by atoms with Crippen LogP contribution in [0, 0.1) is 6.92 Å². The Morgan fingerprint density at radius 2 is 2.05 bits per heavy atom. The van der Waals surface area contributed by atoms with E-state index in [0.717, 1.165) is 0 Å². The van der Waals surface area contributed by atoms with Crippen LogP contribution < -0.4 is 5.32 Å². The van der Waals surface area contributed by atoms with Crippen molar-refractivity contribution >= 4 is 23.4 Å². The summed E-state index contributed by atoms with van der Waals surface area (Å²) in [7, 11) is 1.75. The van der Waals surface area contributed by atoms with Crippen LogP contribution in [0.4, 0.5) is 0 Å². The lowest BCUT2D eigenvalue weighted by molar-refractivity contribution is -0.153. The predicted octanol–water partition coefficient (Wildman–Crippen LogP) is 0.619. The maximum Gasteiger partial charge on any atom is 0.249 e. The summed E-state index contributed by atoms with van der Waals surface area (Å²) in [6, 6.07) is 0. The van der Waals surface area contributed by atoms with Gasteiger partial charge in [-0.25, -0.2) is 0 Å². The number of aryl methyl sites for hydroxylation is 2. The molecule has 1 aromatic rings. The Morgan fingerprint density at radius 3 is 2.58 bits per heavy atom. The molecule has 104 valence electrons. The lowest BCUT2D eigenvalue weighted by Gasteiger charge is -2.36. The van der Waals surface area contributed by atoms with E-state index < -0.39 is 5.54 Å². The summed E-state index contributed by atoms with van der Waals surface area (Å²) >= 11 is 6.15. The van der Waals surface area contributed by atoms with Crippen molar-refractivity contribution in [3.8, 4) is 0 Å². The third-order valence-electron chi connectivity index (χ3n) is 3.33. The first-order valence-corrected chi connectivity index (χ1v) is 6.39. The Balaban J connectivity index is 2.31. The van der Waals surface area contributed by atoms with Crippen LogP contribution in [-0.4, -0.2) is 38.6 Å². The molecule has 1 saturated heterocycles. The number of carbonyl (C=O) groups excluding carboxylic acids is 2. The number of nitrogens with one attached hydrogen (secondary N) is 1. The average Bonchev–Trinajstić information content (AvgIpc) is 2.56. The van der Waals surface area contributed by atoms with Crippen LogP contribution in [0.5, 0.6) is 0 Å². The number of halogens is 1. The van der Waals surface area contributed by atoms with Crippen LogP contribution >= 0.6 is 11.6 Å². The van der Waals surface area contributed by atoms with Gasteiger partial charge in [-0.15, -0.1) is 0 Å². The fourth-order valence-corrected chi connectivity index (χ4v) is 2.30. The lowest BCUT2D eigenvalue weighted by atomic mass is 10.0. The average molecular weight is 285 g/mol. The second kappa shape index (κ2) is 4.61. The number of rotatable bonds is 2. The zero-order valence-corrected chi connectivity index (χ0v) is 12.2. The number of hydrogen-bond acceptors (Lipinski definition) is 4. The van der Waals surface area contributed by atoms with Gasteiger partial charge in [0.2, 0.25) is 11.8 Å². The molecule has 2 amide bonds. The van der Waals surface area contributed by atoms with Crippen molar-refractivity contribution in [1.29, 1.82) is 0 Å². The second-order valence-electron chi connectivity index (χ2n) is 5.23. The first-order chi connectivity index (χ1) is 8.74. The molecule has 1 aliphatic rings. The van der Waals surface area contributed by atoms with E-state index >= 15 is 0 Å². The molecule has 0 radical (unpaired) electrons. The Bertz CT molecular complexity index is 550. The molecule has 1 N–H and O–H groups in total. The fraction of sp³-hybridized carbons (Fsp3) is 0.583. The number of amides is 2. The molecule has 1 aromatic heterocycles. The molecule has 0 atom stereocenters. The second-order valence-corrected chi connectivity index (χ2v) is 5.61. The first kappa shape index (κ1) is 14.0. The van der Waals surface area contributed by atoms with Crippen molar-refractivity contribution < 1.29 is 9.59 Å². The van der Waals surface area contributed by atoms with Crippen molar-refractivity contribution in [3.63, 3.8) is 0 Å². The molecule has 2 heterocycles. The molecule has 1 aliphatic heterocycles. The van der Waals surface area contributed by atoms with Gasteiger partial charge in [0.15, 0.2) is 0 Å². The van der Waals surface area contributed by atoms with Gasteiger partial charge in [-0.05, 0) is 20.8 Å². The van der Waals surface area contributed by atoms with Gasteiger partial charge in [0.05, 0.1) is 35.0 Å². The minimum absolute atomic E-state index is 0.146. The molecule has 0 aliphatic carbocycles. The molecular formula is C12H17ClN4O2. The maximum atomic E-state index is 12.3. The molecular weight excluding hydrogens is 268 g/mol. The zero-order chi connectivity index (χ0) is 14.4. The normalized spacial score (nSPS) is 19.1. The smallest absolute Gasteiger partial charge is 0.249 e. The van der Waals surface area contributed by atoms with Crippen LogP contribution in [-0.2, 0) is 23.2 Å². The molecule has 2 rings (SSSR count). The molecule has 0 spiro atoms. The minimum Gasteiger partial charge on any atom is -0.295 e. The molecule has 0 bridgehead atoms. The highest BCUT2D eigenvalue weighted by Gasteiger charge is 2.40. The van der Waals surface area contributed by atoms with Crippen LogP contribution in [0.1, 0.15) is 25.2 Å². The summed E-state index contributed by atoms with van der Waals surface area (Å²) in [6.45, 7) is 5.60. The monoisotopic (exact) mass is 284 g/mol. The van der Waals surface area contributed by atoms with E-state index in [1.54, 1.807) is 32.5 Å². The van der Waals surface area contributed by atoms with Crippen LogP contribution in [0.15, 0.2) is 0 Å². The Hall–Kier alpha value is -1.40. The third kappa shape index (κ3) is 2.37. The summed E-state index contributed by atoms with van der Waals surface area (Å²) in [5.74, 6) is -0.502. The lowest BCUT2D eigenvalue weighted by Crippen LogP contribution is -2.63. The summed E-state index contributed by atoms with van der Waals surface area (Å²) < 4.78 is 1.60. The van der Waals surface area contributed by atoms with Gasteiger partial charge in [0.1, 0.15) is 0 Å². The largest absolute Gasteiger partial charge is 0.295 e. The van der Waals surface area contributed by atoms with Crippen LogP contribution in [0.25, 0.3) is 0 Å². The van der Waals surface area contributed by atoms with Crippen molar-refractivity contribution in [2.75, 3.05) is 6.54 Å². The molecule has 19 heavy (non-hydrogen) atoms. The van der Waals surface area contributed by atoms with E-state index in [1.165, 1.54) is 4.90 Å². The molecule has 1 fully saturated rings. The Kier molecular flexibility index (Phi) is 3.40. The van der Waals surface area contributed by atoms with Gasteiger partial charge >= 0.3 is 0 Å². The van der Waals surface area contributed by atoms with Crippen molar-refractivity contribution in [2.24, 2.45) is 7.05 Å². The van der Waals surface area contributed by atoms with Crippen LogP contribution in [0.2, 0.25) is 5.02 Å². The molecule has 0 aromatic carbocycles. The van der Waals surface area contributed by atoms with E-state index in [1.807, 2.05) is 0 Å². The number of carbonyl (C=O) groups is 2. The highest BCUT2D eigenvalue weighted by molar-refractivity contribution is 6.31. The number of nitrogens with zero attached hydrogens (tertiary/aromatic N) is 3. The standard InChI is InChI=1S/C12H17ClN4O2/c1-7-10(13)8(16(4)15-7)6-17-9(18)5-14-12(2,3)11(17)19/h14H,5-6H2,1-4H3. The van der Waals surface area contributed by atoms with E-state index in [-0.39, 0.29) is 24.9 Å². The number of aromatic nitrogens is 2. The van der Waals surface area contributed by atoms with Crippen molar-refractivity contribution in [3.05, 3.63) is 16.4 Å². The highest BCUT2D eigenvalue weighted by Crippen LogP contribution is 2.23. The fourth-order valence-electron chi connectivity index (χ4n) is 2.08.